The molecule has 1 N–H and O–H groups in total. The number of hydrogen-bond acceptors (Lipinski definition) is 4. The zero-order valence-corrected chi connectivity index (χ0v) is 13.4. The molecule has 0 amide bonds. The van der Waals surface area contributed by atoms with E-state index in [1.807, 2.05) is 31.2 Å². The third-order valence-electron chi connectivity index (χ3n) is 3.77. The van der Waals surface area contributed by atoms with Crippen molar-refractivity contribution in [2.75, 3.05) is 18.0 Å². The highest BCUT2D eigenvalue weighted by Gasteiger charge is 2.06. The van der Waals surface area contributed by atoms with Crippen molar-refractivity contribution in [3.63, 3.8) is 0 Å². The van der Waals surface area contributed by atoms with Gasteiger partial charge in [0.2, 0.25) is 0 Å². The van der Waals surface area contributed by atoms with Crippen LogP contribution in [0.3, 0.4) is 0 Å². The van der Waals surface area contributed by atoms with Gasteiger partial charge >= 0.3 is 0 Å². The Morgan fingerprint density at radius 3 is 2.45 bits per heavy atom. The fourth-order valence-electron chi connectivity index (χ4n) is 2.35. The second-order valence-corrected chi connectivity index (χ2v) is 5.15. The van der Waals surface area contributed by atoms with Gasteiger partial charge in [0.1, 0.15) is 5.75 Å². The lowest BCUT2D eigenvalue weighted by Gasteiger charge is -2.21. The number of pyridine rings is 1. The molecule has 0 unspecified atom stereocenters. The second kappa shape index (κ2) is 7.59. The van der Waals surface area contributed by atoms with E-state index in [9.17, 15) is 5.11 Å². The molecule has 0 fully saturated rings. The molecule has 0 saturated heterocycles. The first kappa shape index (κ1) is 16.0. The Kier molecular flexibility index (Phi) is 5.53. The van der Waals surface area contributed by atoms with E-state index in [0.29, 0.717) is 0 Å². The first-order valence-corrected chi connectivity index (χ1v) is 7.66. The molecular formula is C18H23N3O. The van der Waals surface area contributed by atoms with Crippen LogP contribution in [0, 0.1) is 0 Å². The number of aliphatic imine (C=N–C) groups is 1. The number of anilines is 1. The Hall–Kier alpha value is -2.36. The van der Waals surface area contributed by atoms with Gasteiger partial charge in [-0.1, -0.05) is 0 Å². The first-order chi connectivity index (χ1) is 10.7. The lowest BCUT2D eigenvalue weighted by atomic mass is 10.1. The number of aromatic nitrogens is 1. The van der Waals surface area contributed by atoms with Gasteiger partial charge in [-0.3, -0.25) is 9.98 Å². The Labute approximate surface area is 132 Å². The number of nitrogens with zero attached hydrogens (tertiary/aromatic N) is 3. The van der Waals surface area contributed by atoms with Gasteiger partial charge in [-0.25, -0.2) is 0 Å². The van der Waals surface area contributed by atoms with E-state index >= 15 is 0 Å². The van der Waals surface area contributed by atoms with Gasteiger partial charge in [0, 0.05) is 49.0 Å². The van der Waals surface area contributed by atoms with Crippen LogP contribution in [-0.4, -0.2) is 29.4 Å². The number of phenols is 1. The van der Waals surface area contributed by atoms with Crippen LogP contribution in [0.25, 0.3) is 0 Å². The molecule has 0 aliphatic carbocycles. The topological polar surface area (TPSA) is 48.7 Å². The number of aromatic hydroxyl groups is 1. The van der Waals surface area contributed by atoms with Crippen LogP contribution < -0.4 is 4.90 Å². The van der Waals surface area contributed by atoms with Crippen LogP contribution in [0.5, 0.6) is 5.75 Å². The van der Waals surface area contributed by atoms with Crippen molar-refractivity contribution in [1.82, 2.24) is 4.98 Å². The minimum atomic E-state index is 0.0323. The molecule has 0 radical (unpaired) electrons. The van der Waals surface area contributed by atoms with Crippen molar-refractivity contribution in [1.29, 1.82) is 0 Å². The molecule has 1 atom stereocenters. The molecule has 0 aliphatic heterocycles. The van der Waals surface area contributed by atoms with Gasteiger partial charge in [-0.05, 0) is 50.6 Å². The average molecular weight is 297 g/mol. The molecule has 4 nitrogen and oxygen atoms in total. The van der Waals surface area contributed by atoms with Crippen LogP contribution in [0.2, 0.25) is 0 Å². The van der Waals surface area contributed by atoms with Gasteiger partial charge in [-0.2, -0.15) is 0 Å². The van der Waals surface area contributed by atoms with E-state index in [-0.39, 0.29) is 11.8 Å². The van der Waals surface area contributed by atoms with Gasteiger partial charge < -0.3 is 10.0 Å². The second-order valence-electron chi connectivity index (χ2n) is 5.15. The van der Waals surface area contributed by atoms with Gasteiger partial charge in [0.25, 0.3) is 0 Å². The standard InChI is InChI=1S/C18H23N3O/c1-4-21(5-2)17-7-6-16(18(22)12-17)13-20-14(3)15-8-10-19-11-9-15/h6-14,22H,4-5H2,1-3H3/t14-/m0/s1. The quantitative estimate of drug-likeness (QED) is 0.825. The average Bonchev–Trinajstić information content (AvgIpc) is 2.55. The third-order valence-corrected chi connectivity index (χ3v) is 3.77. The SMILES string of the molecule is CCN(CC)c1ccc(C=N[C@@H](C)c2ccncc2)c(O)c1. The minimum Gasteiger partial charge on any atom is -0.507 e. The molecule has 1 aromatic carbocycles. The van der Waals surface area contributed by atoms with Crippen LogP contribution in [0.1, 0.15) is 37.9 Å². The van der Waals surface area contributed by atoms with Crippen molar-refractivity contribution in [3.05, 3.63) is 53.9 Å². The minimum absolute atomic E-state index is 0.0323. The summed E-state index contributed by atoms with van der Waals surface area (Å²) < 4.78 is 0. The molecule has 0 saturated carbocycles. The van der Waals surface area contributed by atoms with E-state index in [4.69, 9.17) is 0 Å². The van der Waals surface area contributed by atoms with Gasteiger partial charge in [-0.15, -0.1) is 0 Å². The highest BCUT2D eigenvalue weighted by atomic mass is 16.3. The monoisotopic (exact) mass is 297 g/mol. The third kappa shape index (κ3) is 3.85. The number of phenolic OH excluding ortho intramolecular Hbond substituents is 1. The van der Waals surface area contributed by atoms with Crippen molar-refractivity contribution < 1.29 is 5.11 Å². The van der Waals surface area contributed by atoms with Crippen molar-refractivity contribution in [2.24, 2.45) is 4.99 Å². The lowest BCUT2D eigenvalue weighted by Crippen LogP contribution is -2.21. The molecule has 22 heavy (non-hydrogen) atoms. The fraction of sp³-hybridized carbons (Fsp3) is 0.333. The van der Waals surface area contributed by atoms with E-state index in [2.05, 4.69) is 28.7 Å². The summed E-state index contributed by atoms with van der Waals surface area (Å²) in [6, 6.07) is 9.66. The van der Waals surface area contributed by atoms with Crippen molar-refractivity contribution >= 4 is 11.9 Å². The molecule has 0 spiro atoms. The van der Waals surface area contributed by atoms with Gasteiger partial charge in [0.15, 0.2) is 0 Å². The molecule has 1 aromatic heterocycles. The fourth-order valence-corrected chi connectivity index (χ4v) is 2.35. The van der Waals surface area contributed by atoms with E-state index in [1.165, 1.54) is 0 Å². The van der Waals surface area contributed by atoms with Crippen molar-refractivity contribution in [2.45, 2.75) is 26.8 Å². The molecule has 2 rings (SSSR count). The van der Waals surface area contributed by atoms with Gasteiger partial charge in [0.05, 0.1) is 6.04 Å². The zero-order valence-electron chi connectivity index (χ0n) is 13.4. The van der Waals surface area contributed by atoms with E-state index in [1.54, 1.807) is 24.7 Å². The molecular weight excluding hydrogens is 274 g/mol. The molecule has 0 bridgehead atoms. The van der Waals surface area contributed by atoms with Crippen LogP contribution >= 0.6 is 0 Å². The summed E-state index contributed by atoms with van der Waals surface area (Å²) in [5, 5.41) is 10.2. The van der Waals surface area contributed by atoms with E-state index in [0.717, 1.165) is 29.9 Å². The molecule has 1 heterocycles. The van der Waals surface area contributed by atoms with Crippen LogP contribution in [0.15, 0.2) is 47.7 Å². The molecule has 4 heteroatoms. The first-order valence-electron chi connectivity index (χ1n) is 7.66. The summed E-state index contributed by atoms with van der Waals surface area (Å²) in [6.07, 6.45) is 5.25. The Morgan fingerprint density at radius 2 is 1.86 bits per heavy atom. The smallest absolute Gasteiger partial charge is 0.126 e. The number of hydrogen-bond donors (Lipinski definition) is 1. The van der Waals surface area contributed by atoms with Crippen molar-refractivity contribution in [3.8, 4) is 5.75 Å². The maximum absolute atomic E-state index is 10.2. The lowest BCUT2D eigenvalue weighted by molar-refractivity contribution is 0.474. The maximum atomic E-state index is 10.2. The number of benzene rings is 1. The zero-order chi connectivity index (χ0) is 15.9. The van der Waals surface area contributed by atoms with Crippen LogP contribution in [0.4, 0.5) is 5.69 Å². The van der Waals surface area contributed by atoms with Crippen LogP contribution in [-0.2, 0) is 0 Å². The molecule has 0 aliphatic rings. The highest BCUT2D eigenvalue weighted by Crippen LogP contribution is 2.24. The maximum Gasteiger partial charge on any atom is 0.126 e. The highest BCUT2D eigenvalue weighted by molar-refractivity contribution is 5.84. The molecule has 2 aromatic rings. The number of rotatable bonds is 6. The normalized spacial score (nSPS) is 12.5. The summed E-state index contributed by atoms with van der Waals surface area (Å²) >= 11 is 0. The largest absolute Gasteiger partial charge is 0.507 e. The Bertz CT molecular complexity index is 621. The predicted octanol–water partition coefficient (Wildman–Crippen LogP) is 3.81. The summed E-state index contributed by atoms with van der Waals surface area (Å²) in [7, 11) is 0. The summed E-state index contributed by atoms with van der Waals surface area (Å²) in [5.74, 6) is 0.259. The Balaban J connectivity index is 2.15. The molecule has 116 valence electrons. The Morgan fingerprint density at radius 1 is 1.18 bits per heavy atom. The predicted molar refractivity (Wildman–Crippen MR) is 91.9 cm³/mol. The summed E-state index contributed by atoms with van der Waals surface area (Å²) in [5.41, 5.74) is 2.86. The summed E-state index contributed by atoms with van der Waals surface area (Å²) in [4.78, 5) is 10.7. The van der Waals surface area contributed by atoms with E-state index < -0.39 is 0 Å². The summed E-state index contributed by atoms with van der Waals surface area (Å²) in [6.45, 7) is 8.07.